The summed E-state index contributed by atoms with van der Waals surface area (Å²) in [6, 6.07) is 7.76. The summed E-state index contributed by atoms with van der Waals surface area (Å²) in [5, 5.41) is 2.83. The number of alkyl halides is 3. The molecular weight excluding hydrogens is 400 g/mol. The molecule has 0 radical (unpaired) electrons. The number of rotatable bonds is 3. The largest absolute Gasteiger partial charge is 0.573 e. The Morgan fingerprint density at radius 2 is 1.79 bits per heavy atom. The Kier molecular flexibility index (Phi) is 5.20. The van der Waals surface area contributed by atoms with Gasteiger partial charge in [-0.05, 0) is 30.3 Å². The third-order valence-corrected chi connectivity index (χ3v) is 3.66. The van der Waals surface area contributed by atoms with Crippen LogP contribution in [0.25, 0.3) is 22.1 Å². The third-order valence-electron chi connectivity index (χ3n) is 3.66. The second-order valence-electron chi connectivity index (χ2n) is 5.53. The summed E-state index contributed by atoms with van der Waals surface area (Å²) in [5.41, 5.74) is 1.57. The summed E-state index contributed by atoms with van der Waals surface area (Å²) in [4.78, 5) is 24.7. The maximum Gasteiger partial charge on any atom is 0.573 e. The van der Waals surface area contributed by atoms with E-state index >= 15 is 0 Å². The van der Waals surface area contributed by atoms with Crippen LogP contribution in [0.1, 0.15) is 0 Å². The van der Waals surface area contributed by atoms with Crippen LogP contribution in [0.15, 0.2) is 40.8 Å². The average Bonchev–Trinajstić information content (AvgIpc) is 3.15. The zero-order chi connectivity index (χ0) is 21.2. The number of halogens is 4. The zero-order valence-electron chi connectivity index (χ0n) is 14.5. The number of oxazole rings is 1. The van der Waals surface area contributed by atoms with Crippen LogP contribution in [-0.4, -0.2) is 27.0 Å². The summed E-state index contributed by atoms with van der Waals surface area (Å²) in [5.74, 6) is -0.471. The summed E-state index contributed by atoms with van der Waals surface area (Å²) >= 11 is 0. The van der Waals surface area contributed by atoms with Gasteiger partial charge in [0.1, 0.15) is 17.1 Å². The van der Waals surface area contributed by atoms with Crippen molar-refractivity contribution in [3.63, 3.8) is 0 Å². The number of ether oxygens (including phenoxy) is 1. The number of benzene rings is 2. The first-order valence-electron chi connectivity index (χ1n) is 7.75. The molecule has 2 aromatic carbocycles. The Morgan fingerprint density at radius 1 is 1.10 bits per heavy atom. The molecule has 0 aliphatic rings. The van der Waals surface area contributed by atoms with Gasteiger partial charge in [-0.2, -0.15) is 14.6 Å². The quantitative estimate of drug-likeness (QED) is 0.511. The fourth-order valence-corrected chi connectivity index (χ4v) is 2.53. The number of nitrogens with one attached hydrogen (secondary N) is 1. The van der Waals surface area contributed by atoms with Crippen LogP contribution in [0.3, 0.4) is 0 Å². The van der Waals surface area contributed by atoms with Gasteiger partial charge in [0.2, 0.25) is 5.95 Å². The Balaban J connectivity index is 0.000000755. The second-order valence-corrected chi connectivity index (χ2v) is 5.53. The van der Waals surface area contributed by atoms with Crippen molar-refractivity contribution < 1.29 is 36.3 Å². The predicted molar refractivity (Wildman–Crippen MR) is 89.7 cm³/mol. The van der Waals surface area contributed by atoms with Crippen LogP contribution in [0.2, 0.25) is 0 Å². The van der Waals surface area contributed by atoms with Gasteiger partial charge in [-0.15, -0.1) is 13.2 Å². The molecule has 4 aromatic rings. The topological polar surface area (TPSA) is 99.2 Å². The van der Waals surface area contributed by atoms with E-state index in [2.05, 4.69) is 20.0 Å². The van der Waals surface area contributed by atoms with E-state index in [0.29, 0.717) is 22.5 Å². The maximum atomic E-state index is 13.4. The summed E-state index contributed by atoms with van der Waals surface area (Å²) in [7, 11) is 1.68. The van der Waals surface area contributed by atoms with Crippen molar-refractivity contribution in [1.29, 1.82) is 0 Å². The number of carbonyl (C=O) groups excluding carboxylic acids is 2. The van der Waals surface area contributed by atoms with Crippen LogP contribution in [0.4, 0.5) is 29.5 Å². The van der Waals surface area contributed by atoms with Gasteiger partial charge >= 0.3 is 18.5 Å². The molecule has 0 unspecified atom stereocenters. The van der Waals surface area contributed by atoms with Crippen LogP contribution < -0.4 is 10.1 Å². The Bertz CT molecular complexity index is 1210. The van der Waals surface area contributed by atoms with Crippen molar-refractivity contribution in [2.24, 2.45) is 7.05 Å². The third kappa shape index (κ3) is 4.50. The van der Waals surface area contributed by atoms with Crippen molar-refractivity contribution in [3.05, 3.63) is 42.2 Å². The predicted octanol–water partition coefficient (Wildman–Crippen LogP) is 3.91. The van der Waals surface area contributed by atoms with Crippen molar-refractivity contribution in [3.8, 4) is 5.75 Å². The van der Waals surface area contributed by atoms with E-state index in [1.165, 1.54) is 24.3 Å². The lowest BCUT2D eigenvalue weighted by Crippen LogP contribution is -2.16. The van der Waals surface area contributed by atoms with E-state index in [0.717, 1.165) is 12.1 Å². The molecule has 0 aliphatic carbocycles. The number of fused-ring (bicyclic) bond motifs is 2. The Labute approximate surface area is 158 Å². The van der Waals surface area contributed by atoms with Gasteiger partial charge < -0.3 is 13.7 Å². The fraction of sp³-hybridized carbons (Fsp3) is 0.118. The van der Waals surface area contributed by atoms with E-state index < -0.39 is 17.9 Å². The number of aromatic nitrogens is 3. The fourth-order valence-electron chi connectivity index (χ4n) is 2.53. The van der Waals surface area contributed by atoms with Crippen molar-refractivity contribution in [2.75, 3.05) is 5.32 Å². The van der Waals surface area contributed by atoms with Crippen LogP contribution in [0.5, 0.6) is 5.75 Å². The van der Waals surface area contributed by atoms with Crippen molar-refractivity contribution >= 4 is 40.2 Å². The molecule has 0 saturated carbocycles. The average molecular weight is 410 g/mol. The smallest absolute Gasteiger partial charge is 0.423 e. The lowest BCUT2D eigenvalue weighted by Gasteiger charge is -2.07. The minimum absolute atomic E-state index is 0.0306. The molecule has 0 saturated heterocycles. The zero-order valence-corrected chi connectivity index (χ0v) is 14.5. The van der Waals surface area contributed by atoms with E-state index in [1.807, 2.05) is 0 Å². The van der Waals surface area contributed by atoms with Gasteiger partial charge in [-0.1, -0.05) is 0 Å². The van der Waals surface area contributed by atoms with Crippen molar-refractivity contribution in [1.82, 2.24) is 14.5 Å². The summed E-state index contributed by atoms with van der Waals surface area (Å²) in [6.07, 6.45) is -4.54. The molecule has 150 valence electrons. The molecule has 2 aromatic heterocycles. The first-order chi connectivity index (χ1) is 13.7. The highest BCUT2D eigenvalue weighted by molar-refractivity contribution is 5.80. The molecule has 1 N–H and O–H groups in total. The molecule has 8 nitrogen and oxygen atoms in total. The number of imidazole rings is 1. The lowest BCUT2D eigenvalue weighted by molar-refractivity contribution is -0.274. The van der Waals surface area contributed by atoms with Crippen LogP contribution in [-0.2, 0) is 16.6 Å². The minimum atomic E-state index is -4.79. The first kappa shape index (κ1) is 19.8. The number of nitrogens with zero attached hydrogens (tertiary/aromatic N) is 3. The first-order valence-corrected chi connectivity index (χ1v) is 7.75. The second kappa shape index (κ2) is 7.60. The van der Waals surface area contributed by atoms with Gasteiger partial charge in [-0.25, -0.2) is 9.37 Å². The molecule has 29 heavy (non-hydrogen) atoms. The monoisotopic (exact) mass is 410 g/mol. The molecular formula is C17H10F4N4O4. The standard InChI is InChI=1S/C16H10F4N4O2.CO2/c1-24-12-6-8(17)2-4-10(12)21-14(24)23-15-22-11-5-3-9(7-13(11)25-15)26-16(18,19)20;2-1-3/h2-7H,1H3,(H,21,22,23);. The number of hydrogen-bond acceptors (Lipinski definition) is 7. The van der Waals surface area contributed by atoms with E-state index in [-0.39, 0.29) is 17.7 Å². The SMILES string of the molecule is Cn1c(Nc2nc3ccc(OC(F)(F)F)cc3o2)nc2ccc(F)cc21.O=C=O. The van der Waals surface area contributed by atoms with E-state index in [1.54, 1.807) is 11.6 Å². The van der Waals surface area contributed by atoms with Gasteiger partial charge in [0.15, 0.2) is 5.58 Å². The van der Waals surface area contributed by atoms with Crippen LogP contribution >= 0.6 is 0 Å². The van der Waals surface area contributed by atoms with Gasteiger partial charge in [0.05, 0.1) is 11.0 Å². The van der Waals surface area contributed by atoms with Gasteiger partial charge in [-0.3, -0.25) is 5.32 Å². The molecule has 0 atom stereocenters. The Morgan fingerprint density at radius 3 is 2.48 bits per heavy atom. The Hall–Kier alpha value is -3.92. The highest BCUT2D eigenvalue weighted by atomic mass is 19.4. The molecule has 0 amide bonds. The molecule has 0 spiro atoms. The number of hydrogen-bond donors (Lipinski definition) is 1. The van der Waals surface area contributed by atoms with Gasteiger partial charge in [0, 0.05) is 13.1 Å². The summed E-state index contributed by atoms with van der Waals surface area (Å²) < 4.78 is 61.1. The molecule has 0 fully saturated rings. The molecule has 4 rings (SSSR count). The minimum Gasteiger partial charge on any atom is -0.423 e. The number of anilines is 2. The molecule has 2 heterocycles. The normalized spacial score (nSPS) is 11.1. The molecule has 0 aliphatic heterocycles. The lowest BCUT2D eigenvalue weighted by atomic mass is 10.3. The van der Waals surface area contributed by atoms with Gasteiger partial charge in [0.25, 0.3) is 0 Å². The number of aryl methyl sites for hydroxylation is 1. The molecule has 0 bridgehead atoms. The maximum absolute atomic E-state index is 13.4. The van der Waals surface area contributed by atoms with E-state index in [9.17, 15) is 17.6 Å². The van der Waals surface area contributed by atoms with Crippen LogP contribution in [0, 0.1) is 5.82 Å². The highest BCUT2D eigenvalue weighted by Gasteiger charge is 2.31. The highest BCUT2D eigenvalue weighted by Crippen LogP contribution is 2.29. The summed E-state index contributed by atoms with van der Waals surface area (Å²) in [6.45, 7) is 0. The van der Waals surface area contributed by atoms with E-state index in [4.69, 9.17) is 14.0 Å². The molecule has 12 heteroatoms. The van der Waals surface area contributed by atoms with Crippen molar-refractivity contribution in [2.45, 2.75) is 6.36 Å².